The molecule has 3 heterocycles. The van der Waals surface area contributed by atoms with Crippen LogP contribution in [0.4, 0.5) is 5.69 Å². The summed E-state index contributed by atoms with van der Waals surface area (Å²) in [6, 6.07) is 11.5. The molecule has 2 aliphatic heterocycles. The second kappa shape index (κ2) is 6.72. The zero-order valence-electron chi connectivity index (χ0n) is 14.1. The second-order valence-electron chi connectivity index (χ2n) is 6.47. The molecule has 130 valence electrons. The van der Waals surface area contributed by atoms with Gasteiger partial charge in [0.2, 0.25) is 5.91 Å². The Morgan fingerprint density at radius 1 is 0.960 bits per heavy atom. The summed E-state index contributed by atoms with van der Waals surface area (Å²) < 4.78 is 5.18. The monoisotopic (exact) mass is 339 g/mol. The normalized spacial score (nSPS) is 17.6. The van der Waals surface area contributed by atoms with Crippen molar-refractivity contribution in [3.8, 4) is 0 Å². The Bertz CT molecular complexity index is 764. The lowest BCUT2D eigenvalue weighted by Gasteiger charge is -2.34. The third-order valence-corrected chi connectivity index (χ3v) is 4.94. The van der Waals surface area contributed by atoms with Crippen LogP contribution in [-0.4, -0.2) is 60.9 Å². The van der Waals surface area contributed by atoms with E-state index >= 15 is 0 Å². The predicted octanol–water partition coefficient (Wildman–Crippen LogP) is 1.63. The lowest BCUT2D eigenvalue weighted by molar-refractivity contribution is -0.120. The van der Waals surface area contributed by atoms with Crippen LogP contribution in [0.5, 0.6) is 0 Å². The summed E-state index contributed by atoms with van der Waals surface area (Å²) in [5.74, 6) is 0.429. The van der Waals surface area contributed by atoms with Gasteiger partial charge in [0.15, 0.2) is 5.76 Å². The first-order valence-electron chi connectivity index (χ1n) is 8.66. The van der Waals surface area contributed by atoms with Crippen molar-refractivity contribution < 1.29 is 14.0 Å². The topological polar surface area (TPSA) is 57.0 Å². The first-order chi connectivity index (χ1) is 12.2. The van der Waals surface area contributed by atoms with Crippen molar-refractivity contribution in [2.24, 2.45) is 0 Å². The summed E-state index contributed by atoms with van der Waals surface area (Å²) in [6.45, 7) is 3.79. The Kier molecular flexibility index (Phi) is 4.28. The number of hydrogen-bond acceptors (Lipinski definition) is 4. The molecule has 0 bridgehead atoms. The fraction of sp³-hybridized carbons (Fsp3) is 0.368. The van der Waals surface area contributed by atoms with Crippen LogP contribution in [0, 0.1) is 0 Å². The predicted molar refractivity (Wildman–Crippen MR) is 93.6 cm³/mol. The van der Waals surface area contributed by atoms with Crippen LogP contribution in [0.2, 0.25) is 0 Å². The van der Waals surface area contributed by atoms with Gasteiger partial charge in [0.1, 0.15) is 0 Å². The molecule has 0 saturated carbocycles. The van der Waals surface area contributed by atoms with Gasteiger partial charge < -0.3 is 14.2 Å². The molecule has 0 radical (unpaired) electrons. The van der Waals surface area contributed by atoms with Crippen molar-refractivity contribution >= 4 is 17.5 Å². The zero-order valence-corrected chi connectivity index (χ0v) is 14.1. The quantitative estimate of drug-likeness (QED) is 0.853. The van der Waals surface area contributed by atoms with Crippen molar-refractivity contribution in [2.75, 3.05) is 44.2 Å². The molecule has 6 heteroatoms. The van der Waals surface area contributed by atoms with Gasteiger partial charge in [-0.15, -0.1) is 0 Å². The van der Waals surface area contributed by atoms with Crippen molar-refractivity contribution in [3.05, 3.63) is 54.0 Å². The largest absolute Gasteiger partial charge is 0.459 e. The molecular weight excluding hydrogens is 318 g/mol. The Balaban J connectivity index is 1.32. The summed E-state index contributed by atoms with van der Waals surface area (Å²) in [5, 5.41) is 0. The molecule has 2 aliphatic rings. The molecule has 4 rings (SSSR count). The van der Waals surface area contributed by atoms with E-state index in [1.807, 2.05) is 23.1 Å². The number of furan rings is 1. The van der Waals surface area contributed by atoms with Crippen LogP contribution in [0.3, 0.4) is 0 Å². The number of hydrogen-bond donors (Lipinski definition) is 0. The molecule has 1 saturated heterocycles. The van der Waals surface area contributed by atoms with Crippen LogP contribution >= 0.6 is 0 Å². The number of rotatable bonds is 3. The maximum Gasteiger partial charge on any atom is 0.289 e. The Morgan fingerprint density at radius 2 is 1.76 bits per heavy atom. The molecule has 0 unspecified atom stereocenters. The lowest BCUT2D eigenvalue weighted by atomic mass is 10.2. The summed E-state index contributed by atoms with van der Waals surface area (Å²) in [7, 11) is 0. The minimum Gasteiger partial charge on any atom is -0.459 e. The number of amides is 2. The molecule has 0 N–H and O–H groups in total. The Labute approximate surface area is 146 Å². The fourth-order valence-electron chi connectivity index (χ4n) is 3.54. The van der Waals surface area contributed by atoms with Gasteiger partial charge in [0.05, 0.1) is 12.8 Å². The molecule has 1 aromatic heterocycles. The van der Waals surface area contributed by atoms with Gasteiger partial charge in [-0.2, -0.15) is 0 Å². The van der Waals surface area contributed by atoms with Gasteiger partial charge in [0.25, 0.3) is 5.91 Å². The number of fused-ring (bicyclic) bond motifs is 1. The van der Waals surface area contributed by atoms with Crippen molar-refractivity contribution in [1.82, 2.24) is 9.80 Å². The van der Waals surface area contributed by atoms with Gasteiger partial charge >= 0.3 is 0 Å². The number of carbonyl (C=O) groups is 2. The zero-order chi connectivity index (χ0) is 17.2. The smallest absolute Gasteiger partial charge is 0.289 e. The van der Waals surface area contributed by atoms with Crippen LogP contribution < -0.4 is 4.90 Å². The summed E-state index contributed by atoms with van der Waals surface area (Å²) >= 11 is 0. The van der Waals surface area contributed by atoms with Crippen molar-refractivity contribution in [3.63, 3.8) is 0 Å². The maximum atomic E-state index is 12.7. The maximum absolute atomic E-state index is 12.7. The van der Waals surface area contributed by atoms with E-state index in [4.69, 9.17) is 4.42 Å². The number of nitrogens with zero attached hydrogens (tertiary/aromatic N) is 3. The minimum absolute atomic E-state index is 0.0792. The first-order valence-corrected chi connectivity index (χ1v) is 8.66. The van der Waals surface area contributed by atoms with Crippen LogP contribution in [-0.2, 0) is 11.2 Å². The van der Waals surface area contributed by atoms with Crippen LogP contribution in [0.1, 0.15) is 16.1 Å². The number of para-hydroxylation sites is 1. The molecule has 1 aromatic carbocycles. The fourth-order valence-corrected chi connectivity index (χ4v) is 3.54. The van der Waals surface area contributed by atoms with Crippen LogP contribution in [0.25, 0.3) is 0 Å². The van der Waals surface area contributed by atoms with Gasteiger partial charge in [-0.25, -0.2) is 0 Å². The Hall–Kier alpha value is -2.60. The highest BCUT2D eigenvalue weighted by atomic mass is 16.3. The lowest BCUT2D eigenvalue weighted by Crippen LogP contribution is -2.51. The van der Waals surface area contributed by atoms with E-state index in [-0.39, 0.29) is 11.8 Å². The third kappa shape index (κ3) is 3.17. The van der Waals surface area contributed by atoms with E-state index in [1.165, 1.54) is 11.8 Å². The third-order valence-electron chi connectivity index (χ3n) is 4.94. The van der Waals surface area contributed by atoms with E-state index < -0.39 is 0 Å². The molecule has 2 amide bonds. The van der Waals surface area contributed by atoms with E-state index in [0.29, 0.717) is 38.5 Å². The second-order valence-corrected chi connectivity index (χ2v) is 6.47. The van der Waals surface area contributed by atoms with Gasteiger partial charge in [-0.05, 0) is 30.2 Å². The van der Waals surface area contributed by atoms with Gasteiger partial charge in [-0.3, -0.25) is 14.5 Å². The molecule has 0 spiro atoms. The number of benzene rings is 1. The SMILES string of the molecule is O=C(c1ccco1)N1CCN(CC(=O)N2CCc3ccccc32)CC1. The summed E-state index contributed by atoms with van der Waals surface area (Å²) in [4.78, 5) is 30.7. The average molecular weight is 339 g/mol. The molecule has 0 atom stereocenters. The van der Waals surface area contributed by atoms with E-state index in [1.54, 1.807) is 17.0 Å². The average Bonchev–Trinajstić information content (AvgIpc) is 3.31. The van der Waals surface area contributed by atoms with Gasteiger partial charge in [0, 0.05) is 38.4 Å². The highest BCUT2D eigenvalue weighted by Crippen LogP contribution is 2.27. The number of piperazine rings is 1. The van der Waals surface area contributed by atoms with E-state index in [9.17, 15) is 9.59 Å². The minimum atomic E-state index is -0.0792. The van der Waals surface area contributed by atoms with Crippen LogP contribution in [0.15, 0.2) is 47.1 Å². The van der Waals surface area contributed by atoms with E-state index in [0.717, 1.165) is 18.7 Å². The van der Waals surface area contributed by atoms with Gasteiger partial charge in [-0.1, -0.05) is 18.2 Å². The standard InChI is InChI=1S/C19H21N3O3/c23-18(22-8-7-15-4-1-2-5-16(15)22)14-20-9-11-21(12-10-20)19(24)17-6-3-13-25-17/h1-6,13H,7-12,14H2. The first kappa shape index (κ1) is 15.9. The highest BCUT2D eigenvalue weighted by Gasteiger charge is 2.28. The summed E-state index contributed by atoms with van der Waals surface area (Å²) in [6.07, 6.45) is 2.43. The Morgan fingerprint density at radius 3 is 2.52 bits per heavy atom. The highest BCUT2D eigenvalue weighted by molar-refractivity contribution is 5.96. The van der Waals surface area contributed by atoms with E-state index in [2.05, 4.69) is 11.0 Å². The molecule has 0 aliphatic carbocycles. The van der Waals surface area contributed by atoms with Crippen molar-refractivity contribution in [2.45, 2.75) is 6.42 Å². The molecule has 1 fully saturated rings. The molecule has 25 heavy (non-hydrogen) atoms. The molecule has 2 aromatic rings. The molecular formula is C19H21N3O3. The summed E-state index contributed by atoms with van der Waals surface area (Å²) in [5.41, 5.74) is 2.28. The van der Waals surface area contributed by atoms with Crippen molar-refractivity contribution in [1.29, 1.82) is 0 Å². The number of anilines is 1. The number of carbonyl (C=O) groups excluding carboxylic acids is 2. The molecule has 6 nitrogen and oxygen atoms in total.